The molecule has 0 aliphatic heterocycles. The Morgan fingerprint density at radius 3 is 2.64 bits per heavy atom. The van der Waals surface area contributed by atoms with Gasteiger partial charge >= 0.3 is 5.97 Å². The van der Waals surface area contributed by atoms with Gasteiger partial charge in [-0.05, 0) is 12.1 Å². The minimum atomic E-state index is -1.10. The van der Waals surface area contributed by atoms with E-state index >= 15 is 0 Å². The minimum Gasteiger partial charge on any atom is -0.477 e. The molecule has 2 aromatic heterocycles. The number of carboxylic acids is 1. The molecule has 0 aliphatic rings. The van der Waals surface area contributed by atoms with E-state index in [2.05, 4.69) is 15.3 Å². The first-order chi connectivity index (χ1) is 10.7. The number of hydrogen-bond donors (Lipinski definition) is 2. The summed E-state index contributed by atoms with van der Waals surface area (Å²) in [6.07, 6.45) is 1.58. The molecule has 0 spiro atoms. The summed E-state index contributed by atoms with van der Waals surface area (Å²) in [5.41, 5.74) is 0.697. The fourth-order valence-corrected chi connectivity index (χ4v) is 1.95. The van der Waals surface area contributed by atoms with Crippen LogP contribution in [0, 0.1) is 0 Å². The summed E-state index contributed by atoms with van der Waals surface area (Å²) in [6, 6.07) is 14.2. The average Bonchev–Trinajstić information content (AvgIpc) is 3.07. The lowest BCUT2D eigenvalue weighted by atomic mass is 10.2. The third-order valence-electron chi connectivity index (χ3n) is 3.00. The monoisotopic (exact) mass is 295 g/mol. The van der Waals surface area contributed by atoms with E-state index in [-0.39, 0.29) is 5.69 Å². The van der Waals surface area contributed by atoms with Gasteiger partial charge in [-0.15, -0.1) is 0 Å². The van der Waals surface area contributed by atoms with Gasteiger partial charge in [0.05, 0.1) is 12.8 Å². The molecule has 6 nitrogen and oxygen atoms in total. The third-order valence-corrected chi connectivity index (χ3v) is 3.00. The second kappa shape index (κ2) is 6.09. The van der Waals surface area contributed by atoms with Crippen molar-refractivity contribution in [3.05, 3.63) is 66.2 Å². The minimum absolute atomic E-state index is 0.0594. The number of hydrogen-bond acceptors (Lipinski definition) is 5. The summed E-state index contributed by atoms with van der Waals surface area (Å²) < 4.78 is 5.23. The molecule has 0 radical (unpaired) electrons. The molecule has 1 aromatic carbocycles. The number of aromatic carboxylic acids is 1. The van der Waals surface area contributed by atoms with Crippen LogP contribution in [0.1, 0.15) is 16.2 Å². The van der Waals surface area contributed by atoms with E-state index in [1.807, 2.05) is 36.4 Å². The summed E-state index contributed by atoms with van der Waals surface area (Å²) in [5.74, 6) is 0.433. The topological polar surface area (TPSA) is 88.2 Å². The van der Waals surface area contributed by atoms with E-state index in [4.69, 9.17) is 4.42 Å². The van der Waals surface area contributed by atoms with Crippen molar-refractivity contribution in [2.24, 2.45) is 0 Å². The molecule has 2 heterocycles. The number of aromatic nitrogens is 2. The lowest BCUT2D eigenvalue weighted by molar-refractivity contribution is 0.0690. The molecule has 22 heavy (non-hydrogen) atoms. The Balaban J connectivity index is 1.92. The van der Waals surface area contributed by atoms with Gasteiger partial charge in [-0.25, -0.2) is 14.8 Å². The van der Waals surface area contributed by atoms with Gasteiger partial charge in [0, 0.05) is 11.6 Å². The van der Waals surface area contributed by atoms with Crippen LogP contribution in [0.2, 0.25) is 0 Å². The number of carbonyl (C=O) groups is 1. The molecule has 0 amide bonds. The number of nitrogens with one attached hydrogen (secondary N) is 1. The maximum atomic E-state index is 11.2. The van der Waals surface area contributed by atoms with Crippen molar-refractivity contribution in [3.8, 4) is 11.4 Å². The van der Waals surface area contributed by atoms with E-state index in [1.165, 1.54) is 6.07 Å². The highest BCUT2D eigenvalue weighted by Gasteiger charge is 2.12. The molecule has 0 atom stereocenters. The van der Waals surface area contributed by atoms with Crippen LogP contribution >= 0.6 is 0 Å². The summed E-state index contributed by atoms with van der Waals surface area (Å²) >= 11 is 0. The van der Waals surface area contributed by atoms with Crippen molar-refractivity contribution in [3.63, 3.8) is 0 Å². The van der Waals surface area contributed by atoms with Gasteiger partial charge < -0.3 is 14.8 Å². The zero-order valence-electron chi connectivity index (χ0n) is 11.6. The van der Waals surface area contributed by atoms with Crippen molar-refractivity contribution in [1.82, 2.24) is 9.97 Å². The Hall–Kier alpha value is -3.15. The van der Waals surface area contributed by atoms with Gasteiger partial charge in [0.15, 0.2) is 11.5 Å². The maximum Gasteiger partial charge on any atom is 0.354 e. The maximum absolute atomic E-state index is 11.2. The van der Waals surface area contributed by atoms with Crippen LogP contribution in [0.15, 0.2) is 59.2 Å². The van der Waals surface area contributed by atoms with E-state index in [9.17, 15) is 9.90 Å². The van der Waals surface area contributed by atoms with Crippen LogP contribution in [-0.4, -0.2) is 21.0 Å². The highest BCUT2D eigenvalue weighted by Crippen LogP contribution is 2.18. The second-order valence-corrected chi connectivity index (χ2v) is 4.57. The van der Waals surface area contributed by atoms with Crippen LogP contribution < -0.4 is 5.32 Å². The van der Waals surface area contributed by atoms with Crippen molar-refractivity contribution < 1.29 is 14.3 Å². The fraction of sp³-hybridized carbons (Fsp3) is 0.0625. The molecule has 110 valence electrons. The Labute approximate surface area is 126 Å². The molecule has 0 aliphatic carbocycles. The van der Waals surface area contributed by atoms with E-state index < -0.39 is 5.97 Å². The van der Waals surface area contributed by atoms with Gasteiger partial charge in [0.25, 0.3) is 0 Å². The number of furan rings is 1. The van der Waals surface area contributed by atoms with E-state index in [1.54, 1.807) is 12.3 Å². The van der Waals surface area contributed by atoms with Crippen molar-refractivity contribution >= 4 is 11.8 Å². The standard InChI is InChI=1S/C16H13N3O3/c20-16(21)13-9-14(17-10-12-7-4-8-22-12)19-15(18-13)11-5-2-1-3-6-11/h1-9H,10H2,(H,20,21)(H,17,18,19). The van der Waals surface area contributed by atoms with Crippen molar-refractivity contribution in [2.45, 2.75) is 6.54 Å². The van der Waals surface area contributed by atoms with Crippen LogP contribution in [0.3, 0.4) is 0 Å². The highest BCUT2D eigenvalue weighted by molar-refractivity contribution is 5.87. The molecule has 3 rings (SSSR count). The van der Waals surface area contributed by atoms with Crippen LogP contribution in [-0.2, 0) is 6.54 Å². The summed E-state index contributed by atoms with van der Waals surface area (Å²) in [6.45, 7) is 0.414. The highest BCUT2D eigenvalue weighted by atomic mass is 16.4. The molecule has 2 N–H and O–H groups in total. The first kappa shape index (κ1) is 13.8. The molecule has 0 fully saturated rings. The third kappa shape index (κ3) is 3.12. The van der Waals surface area contributed by atoms with Gasteiger partial charge in [0.2, 0.25) is 0 Å². The predicted molar refractivity (Wildman–Crippen MR) is 80.5 cm³/mol. The first-order valence-electron chi connectivity index (χ1n) is 6.66. The number of benzene rings is 1. The Kier molecular flexibility index (Phi) is 3.82. The van der Waals surface area contributed by atoms with Gasteiger partial charge in [-0.1, -0.05) is 30.3 Å². The molecule has 6 heteroatoms. The zero-order valence-corrected chi connectivity index (χ0v) is 11.6. The molecule has 0 unspecified atom stereocenters. The van der Waals surface area contributed by atoms with Crippen molar-refractivity contribution in [1.29, 1.82) is 0 Å². The van der Waals surface area contributed by atoms with E-state index in [0.29, 0.717) is 18.2 Å². The Morgan fingerprint density at radius 1 is 1.14 bits per heavy atom. The molecular formula is C16H13N3O3. The molecule has 0 bridgehead atoms. The second-order valence-electron chi connectivity index (χ2n) is 4.57. The normalized spacial score (nSPS) is 10.4. The van der Waals surface area contributed by atoms with Gasteiger partial charge in [0.1, 0.15) is 11.6 Å². The van der Waals surface area contributed by atoms with Crippen molar-refractivity contribution in [2.75, 3.05) is 5.32 Å². The summed E-state index contributed by atoms with van der Waals surface area (Å²) in [5, 5.41) is 12.2. The van der Waals surface area contributed by atoms with Crippen LogP contribution in [0.5, 0.6) is 0 Å². The van der Waals surface area contributed by atoms with Gasteiger partial charge in [-0.2, -0.15) is 0 Å². The number of anilines is 1. The molecule has 0 saturated heterocycles. The predicted octanol–water partition coefficient (Wildman–Crippen LogP) is 3.05. The summed E-state index contributed by atoms with van der Waals surface area (Å²) in [7, 11) is 0. The molecule has 3 aromatic rings. The number of rotatable bonds is 5. The quantitative estimate of drug-likeness (QED) is 0.752. The SMILES string of the molecule is O=C(O)c1cc(NCc2ccco2)nc(-c2ccccc2)n1. The van der Waals surface area contributed by atoms with Crippen LogP contribution in [0.25, 0.3) is 11.4 Å². The van der Waals surface area contributed by atoms with Gasteiger partial charge in [-0.3, -0.25) is 0 Å². The molecule has 0 saturated carbocycles. The molecular weight excluding hydrogens is 282 g/mol. The smallest absolute Gasteiger partial charge is 0.354 e. The number of carboxylic acid groups (broad SMARTS) is 1. The lowest BCUT2D eigenvalue weighted by Gasteiger charge is -2.07. The first-order valence-corrected chi connectivity index (χ1v) is 6.66. The fourth-order valence-electron chi connectivity index (χ4n) is 1.95. The van der Waals surface area contributed by atoms with E-state index in [0.717, 1.165) is 11.3 Å². The summed E-state index contributed by atoms with van der Waals surface area (Å²) in [4.78, 5) is 19.7. The van der Waals surface area contributed by atoms with Crippen LogP contribution in [0.4, 0.5) is 5.82 Å². The zero-order chi connectivity index (χ0) is 15.4. The Morgan fingerprint density at radius 2 is 1.95 bits per heavy atom. The largest absolute Gasteiger partial charge is 0.477 e. The lowest BCUT2D eigenvalue weighted by Crippen LogP contribution is -2.08. The Bertz CT molecular complexity index is 771. The average molecular weight is 295 g/mol. The number of nitrogens with zero attached hydrogens (tertiary/aromatic N) is 2.